The second kappa shape index (κ2) is 5.53. The summed E-state index contributed by atoms with van der Waals surface area (Å²) in [5.41, 5.74) is 2.38. The average molecular weight is 246 g/mol. The monoisotopic (exact) mass is 246 g/mol. The summed E-state index contributed by atoms with van der Waals surface area (Å²) >= 11 is 0. The molecule has 0 spiro atoms. The van der Waals surface area contributed by atoms with Crippen molar-refractivity contribution in [2.45, 2.75) is 45.7 Å². The predicted molar refractivity (Wildman–Crippen MR) is 74.8 cm³/mol. The Kier molecular flexibility index (Phi) is 4.02. The lowest BCUT2D eigenvalue weighted by Gasteiger charge is -2.35. The molecule has 1 heterocycles. The number of amides is 1. The molecule has 0 aromatic heterocycles. The first-order valence-corrected chi connectivity index (χ1v) is 6.73. The summed E-state index contributed by atoms with van der Waals surface area (Å²) in [6.45, 7) is 6.65. The molecule has 1 amide bonds. The van der Waals surface area contributed by atoms with Crippen LogP contribution in [-0.2, 0) is 11.2 Å². The van der Waals surface area contributed by atoms with E-state index in [-0.39, 0.29) is 5.91 Å². The fourth-order valence-electron chi connectivity index (χ4n) is 2.44. The van der Waals surface area contributed by atoms with Gasteiger partial charge in [-0.25, -0.2) is 0 Å². The Balaban J connectivity index is 2.18. The predicted octanol–water partition coefficient (Wildman–Crippen LogP) is 2.35. The van der Waals surface area contributed by atoms with E-state index in [0.29, 0.717) is 18.6 Å². The average Bonchev–Trinajstić information content (AvgIpc) is 2.36. The van der Waals surface area contributed by atoms with Crippen molar-refractivity contribution in [1.82, 2.24) is 5.32 Å². The molecule has 18 heavy (non-hydrogen) atoms. The zero-order valence-corrected chi connectivity index (χ0v) is 11.4. The molecule has 1 aliphatic rings. The molecule has 1 unspecified atom stereocenters. The molecule has 0 bridgehead atoms. The van der Waals surface area contributed by atoms with Crippen LogP contribution < -0.4 is 10.2 Å². The maximum atomic E-state index is 12.3. The van der Waals surface area contributed by atoms with Crippen molar-refractivity contribution in [3.05, 3.63) is 29.8 Å². The molecule has 0 fully saturated rings. The number of aryl methyl sites for hydroxylation is 1. The van der Waals surface area contributed by atoms with Crippen LogP contribution in [0.15, 0.2) is 24.3 Å². The van der Waals surface area contributed by atoms with Crippen LogP contribution in [0.2, 0.25) is 0 Å². The van der Waals surface area contributed by atoms with E-state index < -0.39 is 0 Å². The van der Waals surface area contributed by atoms with Gasteiger partial charge in [-0.2, -0.15) is 0 Å². The molecular weight excluding hydrogens is 224 g/mol. The minimum absolute atomic E-state index is 0.170. The smallest absolute Gasteiger partial charge is 0.241 e. The van der Waals surface area contributed by atoms with Crippen molar-refractivity contribution >= 4 is 11.6 Å². The Morgan fingerprint density at radius 3 is 2.89 bits per heavy atom. The van der Waals surface area contributed by atoms with Crippen molar-refractivity contribution in [3.63, 3.8) is 0 Å². The Morgan fingerprint density at radius 1 is 1.44 bits per heavy atom. The number of benzene rings is 1. The minimum Gasteiger partial charge on any atom is -0.308 e. The topological polar surface area (TPSA) is 32.3 Å². The summed E-state index contributed by atoms with van der Waals surface area (Å²) in [7, 11) is 0. The molecule has 98 valence electrons. The first-order chi connectivity index (χ1) is 8.59. The lowest BCUT2D eigenvalue weighted by molar-refractivity contribution is -0.118. The number of nitrogens with one attached hydrogen (secondary N) is 1. The van der Waals surface area contributed by atoms with Gasteiger partial charge in [-0.15, -0.1) is 0 Å². The standard InChI is InChI=1S/C15H22N2O/c1-11(2)16-10-15(18)17-12(3)8-9-13-6-4-5-7-14(13)17/h4-7,11-12,16H,8-10H2,1-3H3. The lowest BCUT2D eigenvalue weighted by Crippen LogP contribution is -2.47. The van der Waals surface area contributed by atoms with Gasteiger partial charge >= 0.3 is 0 Å². The van der Waals surface area contributed by atoms with Crippen molar-refractivity contribution in [3.8, 4) is 0 Å². The van der Waals surface area contributed by atoms with E-state index in [0.717, 1.165) is 18.5 Å². The van der Waals surface area contributed by atoms with Gasteiger partial charge in [-0.1, -0.05) is 32.0 Å². The van der Waals surface area contributed by atoms with E-state index in [1.165, 1.54) is 5.56 Å². The zero-order valence-electron chi connectivity index (χ0n) is 11.4. The first kappa shape index (κ1) is 13.1. The van der Waals surface area contributed by atoms with E-state index >= 15 is 0 Å². The fraction of sp³-hybridized carbons (Fsp3) is 0.533. The number of hydrogen-bond donors (Lipinski definition) is 1. The first-order valence-electron chi connectivity index (χ1n) is 6.73. The maximum absolute atomic E-state index is 12.3. The third-order valence-electron chi connectivity index (χ3n) is 3.45. The zero-order chi connectivity index (χ0) is 13.1. The normalized spacial score (nSPS) is 18.9. The highest BCUT2D eigenvalue weighted by Gasteiger charge is 2.27. The van der Waals surface area contributed by atoms with Crippen LogP contribution in [-0.4, -0.2) is 24.5 Å². The van der Waals surface area contributed by atoms with Crippen LogP contribution in [0.1, 0.15) is 32.8 Å². The molecule has 1 aliphatic heterocycles. The Hall–Kier alpha value is -1.35. The summed E-state index contributed by atoms with van der Waals surface area (Å²) in [6.07, 6.45) is 2.11. The molecule has 0 radical (unpaired) electrons. The molecule has 3 nitrogen and oxygen atoms in total. The van der Waals surface area contributed by atoms with Gasteiger partial charge in [-0.3, -0.25) is 4.79 Å². The molecule has 2 rings (SSSR count). The van der Waals surface area contributed by atoms with E-state index in [4.69, 9.17) is 0 Å². The summed E-state index contributed by atoms with van der Waals surface area (Å²) in [4.78, 5) is 14.3. The van der Waals surface area contributed by atoms with Crippen LogP contribution in [0.25, 0.3) is 0 Å². The van der Waals surface area contributed by atoms with Gasteiger partial charge in [0.15, 0.2) is 0 Å². The molecule has 3 heteroatoms. The highest BCUT2D eigenvalue weighted by atomic mass is 16.2. The van der Waals surface area contributed by atoms with E-state index in [2.05, 4.69) is 38.2 Å². The fourth-order valence-corrected chi connectivity index (χ4v) is 2.44. The molecule has 0 saturated carbocycles. The Bertz CT molecular complexity index is 428. The maximum Gasteiger partial charge on any atom is 0.241 e. The molecular formula is C15H22N2O. The third kappa shape index (κ3) is 2.72. The number of rotatable bonds is 3. The van der Waals surface area contributed by atoms with Gasteiger partial charge in [-0.05, 0) is 31.4 Å². The van der Waals surface area contributed by atoms with Gasteiger partial charge in [0.2, 0.25) is 5.91 Å². The lowest BCUT2D eigenvalue weighted by atomic mass is 9.96. The van der Waals surface area contributed by atoms with Crippen LogP contribution in [0.4, 0.5) is 5.69 Å². The third-order valence-corrected chi connectivity index (χ3v) is 3.45. The van der Waals surface area contributed by atoms with Gasteiger partial charge in [0, 0.05) is 17.8 Å². The number of para-hydroxylation sites is 1. The van der Waals surface area contributed by atoms with Crippen LogP contribution in [0, 0.1) is 0 Å². The van der Waals surface area contributed by atoms with E-state index in [9.17, 15) is 4.79 Å². The van der Waals surface area contributed by atoms with Gasteiger partial charge in [0.05, 0.1) is 6.54 Å². The second-order valence-electron chi connectivity index (χ2n) is 5.32. The van der Waals surface area contributed by atoms with Crippen molar-refractivity contribution in [2.24, 2.45) is 0 Å². The second-order valence-corrected chi connectivity index (χ2v) is 5.32. The van der Waals surface area contributed by atoms with Crippen LogP contribution in [0.3, 0.4) is 0 Å². The highest BCUT2D eigenvalue weighted by Crippen LogP contribution is 2.30. The van der Waals surface area contributed by atoms with Crippen LogP contribution in [0.5, 0.6) is 0 Å². The number of fused-ring (bicyclic) bond motifs is 1. The number of anilines is 1. The molecule has 0 saturated heterocycles. The summed E-state index contributed by atoms with van der Waals surface area (Å²) in [5, 5.41) is 3.20. The Morgan fingerprint density at radius 2 is 2.17 bits per heavy atom. The molecule has 1 aromatic rings. The minimum atomic E-state index is 0.170. The van der Waals surface area contributed by atoms with Gasteiger partial charge in [0.1, 0.15) is 0 Å². The largest absolute Gasteiger partial charge is 0.308 e. The van der Waals surface area contributed by atoms with Gasteiger partial charge in [0.25, 0.3) is 0 Å². The summed E-state index contributed by atoms with van der Waals surface area (Å²) in [6, 6.07) is 8.86. The highest BCUT2D eigenvalue weighted by molar-refractivity contribution is 5.96. The molecule has 1 atom stereocenters. The van der Waals surface area contributed by atoms with E-state index in [1.807, 2.05) is 17.0 Å². The van der Waals surface area contributed by atoms with Crippen LogP contribution >= 0.6 is 0 Å². The molecule has 1 N–H and O–H groups in total. The van der Waals surface area contributed by atoms with Gasteiger partial charge < -0.3 is 10.2 Å². The van der Waals surface area contributed by atoms with Crippen molar-refractivity contribution in [1.29, 1.82) is 0 Å². The van der Waals surface area contributed by atoms with Crippen molar-refractivity contribution in [2.75, 3.05) is 11.4 Å². The summed E-state index contributed by atoms with van der Waals surface area (Å²) in [5.74, 6) is 0.170. The quantitative estimate of drug-likeness (QED) is 0.888. The Labute approximate surface area is 109 Å². The number of carbonyl (C=O) groups excluding carboxylic acids is 1. The summed E-state index contributed by atoms with van der Waals surface area (Å²) < 4.78 is 0. The van der Waals surface area contributed by atoms with Crippen molar-refractivity contribution < 1.29 is 4.79 Å². The number of nitrogens with zero attached hydrogens (tertiary/aromatic N) is 1. The number of hydrogen-bond acceptors (Lipinski definition) is 2. The molecule has 1 aromatic carbocycles. The molecule has 0 aliphatic carbocycles. The van der Waals surface area contributed by atoms with E-state index in [1.54, 1.807) is 0 Å². The number of carbonyl (C=O) groups is 1. The SMILES string of the molecule is CC(C)NCC(=O)N1c2ccccc2CCC1C.